The van der Waals surface area contributed by atoms with Crippen molar-refractivity contribution in [2.24, 2.45) is 0 Å². The van der Waals surface area contributed by atoms with Gasteiger partial charge in [-0.05, 0) is 101 Å². The lowest BCUT2D eigenvalue weighted by atomic mass is 9.95. The summed E-state index contributed by atoms with van der Waals surface area (Å²) in [5, 5.41) is 0. The molecular weight excluding hydrogens is 605 g/mol. The number of hydrogen-bond acceptors (Lipinski definition) is 4. The number of rotatable bonds is 10. The Morgan fingerprint density at radius 1 is 0.609 bits per heavy atom. The van der Waals surface area contributed by atoms with Gasteiger partial charge in [0.1, 0.15) is 0 Å². The first-order valence-electron chi connectivity index (χ1n) is 16.0. The minimum absolute atomic E-state index is 0.0882. The molecule has 4 aromatic rings. The topological polar surface area (TPSA) is 40.6 Å². The van der Waals surface area contributed by atoms with Crippen molar-refractivity contribution in [1.29, 1.82) is 0 Å². The standard InChI is InChI=1S/C40H38N2O2S2/c1-5-7-9-11-13-23-41-32-25-27(3)15-18-30(32)37(39(41)43)38-31-19-17-29(34-21-22-36(46-34)35-20-16-28(4)45-35)26-33(31)42(40(38)44)24-14-12-10-8-6-2/h15-22,25-26H,9-14,23-24H2,1-4H3/b38-37+. The van der Waals surface area contributed by atoms with E-state index in [0.717, 1.165) is 77.0 Å². The van der Waals surface area contributed by atoms with E-state index in [9.17, 15) is 9.59 Å². The lowest BCUT2D eigenvalue weighted by Crippen LogP contribution is -2.30. The van der Waals surface area contributed by atoms with Crippen LogP contribution >= 0.6 is 22.7 Å². The van der Waals surface area contributed by atoms with E-state index >= 15 is 0 Å². The highest BCUT2D eigenvalue weighted by Crippen LogP contribution is 2.48. The van der Waals surface area contributed by atoms with Crippen LogP contribution in [0.2, 0.25) is 0 Å². The zero-order valence-corrected chi connectivity index (χ0v) is 28.6. The molecule has 0 N–H and O–H groups in total. The fraction of sp³-hybridized carbons (Fsp3) is 0.300. The average Bonchev–Trinajstić information content (AvgIpc) is 3.82. The van der Waals surface area contributed by atoms with Crippen LogP contribution in [0.3, 0.4) is 0 Å². The molecule has 0 fully saturated rings. The van der Waals surface area contributed by atoms with E-state index in [1.54, 1.807) is 22.7 Å². The van der Waals surface area contributed by atoms with Gasteiger partial charge in [-0.25, -0.2) is 0 Å². The van der Waals surface area contributed by atoms with Crippen molar-refractivity contribution >= 4 is 57.0 Å². The number of carbonyl (C=O) groups is 2. The van der Waals surface area contributed by atoms with Gasteiger partial charge in [0.2, 0.25) is 0 Å². The smallest absolute Gasteiger partial charge is 0.259 e. The summed E-state index contributed by atoms with van der Waals surface area (Å²) in [6, 6.07) is 21.1. The predicted molar refractivity (Wildman–Crippen MR) is 195 cm³/mol. The molecule has 2 aromatic heterocycles. The van der Waals surface area contributed by atoms with Gasteiger partial charge < -0.3 is 9.80 Å². The molecule has 0 unspecified atom stereocenters. The molecule has 6 heteroatoms. The summed E-state index contributed by atoms with van der Waals surface area (Å²) in [4.78, 5) is 37.4. The molecule has 0 radical (unpaired) electrons. The third kappa shape index (κ3) is 6.21. The van der Waals surface area contributed by atoms with Crippen molar-refractivity contribution in [3.8, 4) is 43.9 Å². The summed E-state index contributed by atoms with van der Waals surface area (Å²) in [5.74, 6) is 12.0. The van der Waals surface area contributed by atoms with E-state index in [4.69, 9.17) is 0 Å². The van der Waals surface area contributed by atoms with Gasteiger partial charge in [-0.2, -0.15) is 0 Å². The average molecular weight is 643 g/mol. The van der Waals surface area contributed by atoms with Crippen LogP contribution in [0.1, 0.15) is 73.9 Å². The molecule has 0 saturated heterocycles. The fourth-order valence-corrected chi connectivity index (χ4v) is 8.21. The van der Waals surface area contributed by atoms with E-state index in [1.807, 2.05) is 42.7 Å². The lowest BCUT2D eigenvalue weighted by Gasteiger charge is -2.18. The van der Waals surface area contributed by atoms with Gasteiger partial charge in [-0.15, -0.1) is 46.4 Å². The van der Waals surface area contributed by atoms with E-state index in [0.29, 0.717) is 24.2 Å². The van der Waals surface area contributed by atoms with Crippen LogP contribution in [0.15, 0.2) is 60.7 Å². The normalized spacial score (nSPS) is 15.0. The van der Waals surface area contributed by atoms with Crippen molar-refractivity contribution in [2.45, 2.75) is 66.2 Å². The first-order chi connectivity index (χ1) is 22.4. The van der Waals surface area contributed by atoms with E-state index in [2.05, 4.69) is 79.1 Å². The van der Waals surface area contributed by atoms with Crippen molar-refractivity contribution in [2.75, 3.05) is 22.9 Å². The van der Waals surface area contributed by atoms with Crippen molar-refractivity contribution in [3.63, 3.8) is 0 Å². The molecule has 0 spiro atoms. The maximum absolute atomic E-state index is 14.4. The second-order valence-corrected chi connectivity index (χ2v) is 14.1. The Morgan fingerprint density at radius 3 is 1.74 bits per heavy atom. The van der Waals surface area contributed by atoms with Gasteiger partial charge in [0.15, 0.2) is 0 Å². The molecule has 0 saturated carbocycles. The quantitative estimate of drug-likeness (QED) is 0.0982. The summed E-state index contributed by atoms with van der Waals surface area (Å²) < 4.78 is 0. The zero-order valence-electron chi connectivity index (χ0n) is 27.0. The molecule has 0 aliphatic carbocycles. The molecule has 232 valence electrons. The third-order valence-electron chi connectivity index (χ3n) is 8.53. The third-order valence-corrected chi connectivity index (χ3v) is 10.9. The molecule has 0 atom stereocenters. The Bertz CT molecular complexity index is 1970. The second-order valence-electron chi connectivity index (χ2n) is 11.8. The van der Waals surface area contributed by atoms with Crippen LogP contribution in [-0.2, 0) is 9.59 Å². The summed E-state index contributed by atoms with van der Waals surface area (Å²) >= 11 is 3.57. The predicted octanol–water partition coefficient (Wildman–Crippen LogP) is 9.75. The lowest BCUT2D eigenvalue weighted by molar-refractivity contribution is -0.114. The van der Waals surface area contributed by atoms with Crippen LogP contribution in [0.25, 0.3) is 31.3 Å². The van der Waals surface area contributed by atoms with Gasteiger partial charge >= 0.3 is 0 Å². The highest BCUT2D eigenvalue weighted by Gasteiger charge is 2.42. The molecule has 2 aliphatic heterocycles. The van der Waals surface area contributed by atoms with Crippen LogP contribution in [0.5, 0.6) is 0 Å². The van der Waals surface area contributed by atoms with Gasteiger partial charge in [0.05, 0.1) is 22.5 Å². The van der Waals surface area contributed by atoms with Gasteiger partial charge in [0, 0.05) is 56.6 Å². The van der Waals surface area contributed by atoms with Crippen LogP contribution in [0.4, 0.5) is 11.4 Å². The number of amides is 2. The summed E-state index contributed by atoms with van der Waals surface area (Å²) in [6.45, 7) is 9.07. The van der Waals surface area contributed by atoms with Crippen LogP contribution in [0, 0.1) is 37.5 Å². The SMILES string of the molecule is CC#CCCCCN1C(=O)/C(=C2/C(=O)N(CCCCC#CC)c3cc(-c4ccc(-c5ccc(C)s5)s4)ccc32)c2ccc(C)cc21. The first-order valence-corrected chi connectivity index (χ1v) is 17.6. The molecule has 4 heterocycles. The molecule has 46 heavy (non-hydrogen) atoms. The van der Waals surface area contributed by atoms with E-state index in [1.165, 1.54) is 14.6 Å². The van der Waals surface area contributed by atoms with Crippen molar-refractivity contribution in [3.05, 3.63) is 82.2 Å². The fourth-order valence-electron chi connectivity index (χ4n) is 6.25. The van der Waals surface area contributed by atoms with Crippen LogP contribution < -0.4 is 9.80 Å². The largest absolute Gasteiger partial charge is 0.308 e. The molecular formula is C40H38N2O2S2. The summed E-state index contributed by atoms with van der Waals surface area (Å²) in [6.07, 6.45) is 5.16. The Balaban J connectivity index is 1.40. The highest BCUT2D eigenvalue weighted by molar-refractivity contribution is 7.23. The minimum atomic E-state index is -0.0930. The van der Waals surface area contributed by atoms with Gasteiger partial charge in [-0.1, -0.05) is 24.3 Å². The number of anilines is 2. The number of carbonyl (C=O) groups excluding carboxylic acids is 2. The maximum atomic E-state index is 14.4. The first kappa shape index (κ1) is 31.6. The molecule has 0 bridgehead atoms. The van der Waals surface area contributed by atoms with E-state index < -0.39 is 0 Å². The molecule has 6 rings (SSSR count). The number of fused-ring (bicyclic) bond motifs is 2. The number of benzene rings is 2. The summed E-state index contributed by atoms with van der Waals surface area (Å²) in [5.41, 5.74) is 6.66. The number of nitrogens with zero attached hydrogens (tertiary/aromatic N) is 2. The molecule has 2 aromatic carbocycles. The number of hydrogen-bond donors (Lipinski definition) is 0. The molecule has 2 aliphatic rings. The number of unbranched alkanes of at least 4 members (excludes halogenated alkanes) is 4. The zero-order chi connectivity index (χ0) is 32.2. The Labute approximate surface area is 280 Å². The second kappa shape index (κ2) is 14.0. The number of aryl methyl sites for hydroxylation is 2. The highest BCUT2D eigenvalue weighted by atomic mass is 32.1. The molecule has 2 amide bonds. The maximum Gasteiger partial charge on any atom is 0.259 e. The Hall–Kier alpha value is -4.36. The monoisotopic (exact) mass is 642 g/mol. The van der Waals surface area contributed by atoms with Gasteiger partial charge in [-0.3, -0.25) is 9.59 Å². The van der Waals surface area contributed by atoms with E-state index in [-0.39, 0.29) is 11.8 Å². The van der Waals surface area contributed by atoms with Gasteiger partial charge in [0.25, 0.3) is 11.8 Å². The summed E-state index contributed by atoms with van der Waals surface area (Å²) in [7, 11) is 0. The van der Waals surface area contributed by atoms with Crippen molar-refractivity contribution < 1.29 is 9.59 Å². The van der Waals surface area contributed by atoms with Crippen LogP contribution in [-0.4, -0.2) is 24.9 Å². The molecule has 4 nitrogen and oxygen atoms in total. The number of thiophene rings is 2. The Morgan fingerprint density at radius 2 is 1.15 bits per heavy atom. The van der Waals surface area contributed by atoms with Crippen molar-refractivity contribution in [1.82, 2.24) is 0 Å². The minimum Gasteiger partial charge on any atom is -0.308 e. The Kier molecular flexibility index (Phi) is 9.59.